The zero-order valence-electron chi connectivity index (χ0n) is 13.3. The number of nitrogens with one attached hydrogen (secondary N) is 1. The van der Waals surface area contributed by atoms with Gasteiger partial charge >= 0.3 is 0 Å². The SMILES string of the molecule is Cc1nc2cc(CNC(=O)C[C@@H]3CCCOC3)ccc2n1C. The maximum atomic E-state index is 12.0. The van der Waals surface area contributed by atoms with Gasteiger partial charge in [0.25, 0.3) is 0 Å². The van der Waals surface area contributed by atoms with Crippen molar-refractivity contribution in [2.75, 3.05) is 13.2 Å². The first-order valence-corrected chi connectivity index (χ1v) is 7.90. The van der Waals surface area contributed by atoms with Crippen LogP contribution < -0.4 is 5.32 Å². The van der Waals surface area contributed by atoms with Gasteiger partial charge in [0, 0.05) is 33.2 Å². The molecule has 2 heterocycles. The fourth-order valence-corrected chi connectivity index (χ4v) is 2.98. The maximum absolute atomic E-state index is 12.0. The zero-order valence-corrected chi connectivity index (χ0v) is 13.3. The molecular weight excluding hydrogens is 278 g/mol. The second-order valence-corrected chi connectivity index (χ2v) is 6.11. The number of benzene rings is 1. The van der Waals surface area contributed by atoms with E-state index in [0.717, 1.165) is 41.9 Å². The van der Waals surface area contributed by atoms with Crippen LogP contribution in [0.5, 0.6) is 0 Å². The maximum Gasteiger partial charge on any atom is 0.220 e. The summed E-state index contributed by atoms with van der Waals surface area (Å²) in [5.74, 6) is 1.47. The average Bonchev–Trinajstić information content (AvgIpc) is 2.81. The van der Waals surface area contributed by atoms with Crippen molar-refractivity contribution in [2.45, 2.75) is 32.7 Å². The van der Waals surface area contributed by atoms with Crippen molar-refractivity contribution in [3.8, 4) is 0 Å². The molecule has 5 nitrogen and oxygen atoms in total. The van der Waals surface area contributed by atoms with Crippen molar-refractivity contribution < 1.29 is 9.53 Å². The van der Waals surface area contributed by atoms with Crippen LogP contribution in [0.1, 0.15) is 30.7 Å². The molecule has 118 valence electrons. The number of hydrogen-bond acceptors (Lipinski definition) is 3. The van der Waals surface area contributed by atoms with E-state index in [-0.39, 0.29) is 5.91 Å². The molecule has 1 atom stereocenters. The third-order valence-electron chi connectivity index (χ3n) is 4.39. The molecule has 1 amide bonds. The summed E-state index contributed by atoms with van der Waals surface area (Å²) in [6.45, 7) is 4.10. The monoisotopic (exact) mass is 301 g/mol. The number of ether oxygens (including phenoxy) is 1. The number of aryl methyl sites for hydroxylation is 2. The average molecular weight is 301 g/mol. The van der Waals surface area contributed by atoms with Crippen LogP contribution in [0.4, 0.5) is 0 Å². The molecular formula is C17H23N3O2. The molecule has 22 heavy (non-hydrogen) atoms. The van der Waals surface area contributed by atoms with Gasteiger partial charge in [-0.05, 0) is 43.4 Å². The van der Waals surface area contributed by atoms with E-state index in [2.05, 4.69) is 20.9 Å². The molecule has 1 aliphatic heterocycles. The van der Waals surface area contributed by atoms with Gasteiger partial charge in [-0.1, -0.05) is 6.07 Å². The third-order valence-corrected chi connectivity index (χ3v) is 4.39. The molecule has 1 saturated heterocycles. The normalized spacial score (nSPS) is 18.5. The van der Waals surface area contributed by atoms with Gasteiger partial charge in [0.05, 0.1) is 11.0 Å². The van der Waals surface area contributed by atoms with Gasteiger partial charge in [0.15, 0.2) is 0 Å². The van der Waals surface area contributed by atoms with E-state index in [1.807, 2.05) is 26.1 Å². The molecule has 1 fully saturated rings. The van der Waals surface area contributed by atoms with Crippen LogP contribution in [0.2, 0.25) is 0 Å². The molecule has 0 spiro atoms. The van der Waals surface area contributed by atoms with Gasteiger partial charge in [-0.15, -0.1) is 0 Å². The fraction of sp³-hybridized carbons (Fsp3) is 0.529. The number of amides is 1. The topological polar surface area (TPSA) is 56.1 Å². The summed E-state index contributed by atoms with van der Waals surface area (Å²) in [5.41, 5.74) is 3.18. The molecule has 0 unspecified atom stereocenters. The van der Waals surface area contributed by atoms with Gasteiger partial charge in [0.2, 0.25) is 5.91 Å². The Labute approximate surface area is 130 Å². The van der Waals surface area contributed by atoms with Crippen molar-refractivity contribution in [1.82, 2.24) is 14.9 Å². The number of nitrogens with zero attached hydrogens (tertiary/aromatic N) is 2. The Bertz CT molecular complexity index is 672. The Morgan fingerprint density at radius 2 is 2.36 bits per heavy atom. The van der Waals surface area contributed by atoms with Crippen molar-refractivity contribution in [2.24, 2.45) is 13.0 Å². The molecule has 0 aliphatic carbocycles. The predicted molar refractivity (Wildman–Crippen MR) is 85.5 cm³/mol. The predicted octanol–water partition coefficient (Wildman–Crippen LogP) is 2.31. The first-order valence-electron chi connectivity index (χ1n) is 7.90. The Morgan fingerprint density at radius 3 is 3.14 bits per heavy atom. The lowest BCUT2D eigenvalue weighted by Crippen LogP contribution is -2.28. The van der Waals surface area contributed by atoms with Gasteiger partial charge in [-0.2, -0.15) is 0 Å². The number of rotatable bonds is 4. The lowest BCUT2D eigenvalue weighted by molar-refractivity contribution is -0.123. The highest BCUT2D eigenvalue weighted by molar-refractivity contribution is 5.78. The summed E-state index contributed by atoms with van der Waals surface area (Å²) in [5, 5.41) is 3.00. The van der Waals surface area contributed by atoms with Crippen LogP contribution in [0.15, 0.2) is 18.2 Å². The van der Waals surface area contributed by atoms with E-state index < -0.39 is 0 Å². The van der Waals surface area contributed by atoms with Crippen molar-refractivity contribution in [1.29, 1.82) is 0 Å². The number of aromatic nitrogens is 2. The lowest BCUT2D eigenvalue weighted by atomic mass is 9.98. The van der Waals surface area contributed by atoms with Gasteiger partial charge in [-0.3, -0.25) is 4.79 Å². The number of carbonyl (C=O) groups is 1. The molecule has 1 N–H and O–H groups in total. The highest BCUT2D eigenvalue weighted by atomic mass is 16.5. The van der Waals surface area contributed by atoms with Crippen LogP contribution in [0, 0.1) is 12.8 Å². The van der Waals surface area contributed by atoms with Crippen molar-refractivity contribution in [3.63, 3.8) is 0 Å². The minimum absolute atomic E-state index is 0.104. The highest BCUT2D eigenvalue weighted by Crippen LogP contribution is 2.18. The summed E-state index contributed by atoms with van der Waals surface area (Å²) < 4.78 is 7.49. The van der Waals surface area contributed by atoms with E-state index in [1.165, 1.54) is 0 Å². The lowest BCUT2D eigenvalue weighted by Gasteiger charge is -2.21. The van der Waals surface area contributed by atoms with Crippen LogP contribution in [-0.4, -0.2) is 28.7 Å². The smallest absolute Gasteiger partial charge is 0.220 e. The molecule has 3 rings (SSSR count). The number of fused-ring (bicyclic) bond motifs is 1. The van der Waals surface area contributed by atoms with Crippen molar-refractivity contribution in [3.05, 3.63) is 29.6 Å². The highest BCUT2D eigenvalue weighted by Gasteiger charge is 2.17. The van der Waals surface area contributed by atoms with E-state index in [0.29, 0.717) is 25.5 Å². The first-order chi connectivity index (χ1) is 10.6. The molecule has 1 aliphatic rings. The Hall–Kier alpha value is -1.88. The minimum Gasteiger partial charge on any atom is -0.381 e. The molecule has 5 heteroatoms. The summed E-state index contributed by atoms with van der Waals surface area (Å²) in [7, 11) is 2.01. The van der Waals surface area contributed by atoms with Crippen LogP contribution in [0.25, 0.3) is 11.0 Å². The van der Waals surface area contributed by atoms with Gasteiger partial charge < -0.3 is 14.6 Å². The quantitative estimate of drug-likeness (QED) is 0.943. The Balaban J connectivity index is 1.57. The third kappa shape index (κ3) is 3.30. The molecule has 0 saturated carbocycles. The largest absolute Gasteiger partial charge is 0.381 e. The van der Waals surface area contributed by atoms with E-state index in [1.54, 1.807) is 0 Å². The van der Waals surface area contributed by atoms with Crippen LogP contribution in [-0.2, 0) is 23.1 Å². The molecule has 0 bridgehead atoms. The number of carbonyl (C=O) groups excluding carboxylic acids is 1. The Kier molecular flexibility index (Phi) is 4.43. The molecule has 0 radical (unpaired) electrons. The molecule has 2 aromatic rings. The zero-order chi connectivity index (χ0) is 15.5. The van der Waals surface area contributed by atoms with Crippen molar-refractivity contribution >= 4 is 16.9 Å². The van der Waals surface area contributed by atoms with E-state index in [9.17, 15) is 4.79 Å². The van der Waals surface area contributed by atoms with Gasteiger partial charge in [0.1, 0.15) is 5.82 Å². The van der Waals surface area contributed by atoms with E-state index >= 15 is 0 Å². The standard InChI is InChI=1S/C17H23N3O2/c1-12-19-15-8-13(5-6-16(15)20(12)2)10-18-17(21)9-14-4-3-7-22-11-14/h5-6,8,14H,3-4,7,9-11H2,1-2H3,(H,18,21)/t14-/m0/s1. The van der Waals surface area contributed by atoms with E-state index in [4.69, 9.17) is 4.74 Å². The summed E-state index contributed by atoms with van der Waals surface area (Å²) in [6, 6.07) is 6.16. The second kappa shape index (κ2) is 6.48. The second-order valence-electron chi connectivity index (χ2n) is 6.11. The number of hydrogen-bond donors (Lipinski definition) is 1. The Morgan fingerprint density at radius 1 is 1.50 bits per heavy atom. The first kappa shape index (κ1) is 15.0. The summed E-state index contributed by atoms with van der Waals surface area (Å²) in [4.78, 5) is 16.5. The fourth-order valence-electron chi connectivity index (χ4n) is 2.98. The summed E-state index contributed by atoms with van der Waals surface area (Å²) >= 11 is 0. The number of imidazole rings is 1. The van der Waals surface area contributed by atoms with Gasteiger partial charge in [-0.25, -0.2) is 4.98 Å². The minimum atomic E-state index is 0.104. The summed E-state index contributed by atoms with van der Waals surface area (Å²) in [6.07, 6.45) is 2.71. The molecule has 1 aromatic carbocycles. The van der Waals surface area contributed by atoms with Crippen LogP contribution in [0.3, 0.4) is 0 Å². The van der Waals surface area contributed by atoms with Crippen LogP contribution >= 0.6 is 0 Å². The molecule has 1 aromatic heterocycles.